The Morgan fingerprint density at radius 3 is 2.33 bits per heavy atom. The second-order valence-corrected chi connectivity index (χ2v) is 5.37. The van der Waals surface area contributed by atoms with Crippen LogP contribution in [-0.2, 0) is 4.79 Å². The zero-order chi connectivity index (χ0) is 17.3. The van der Waals surface area contributed by atoms with Crippen molar-refractivity contribution in [3.8, 4) is 22.6 Å². The van der Waals surface area contributed by atoms with Crippen molar-refractivity contribution in [2.75, 3.05) is 7.11 Å². The van der Waals surface area contributed by atoms with Crippen LogP contribution < -0.4 is 15.1 Å². The van der Waals surface area contributed by atoms with Crippen molar-refractivity contribution in [1.29, 1.82) is 0 Å². The van der Waals surface area contributed by atoms with E-state index in [1.807, 2.05) is 19.1 Å². The molecule has 0 fully saturated rings. The fraction of sp³-hybridized carbons (Fsp3) is 0.158. The van der Waals surface area contributed by atoms with Crippen LogP contribution in [0.2, 0.25) is 0 Å². The first-order valence-electron chi connectivity index (χ1n) is 7.40. The summed E-state index contributed by atoms with van der Waals surface area (Å²) < 4.78 is 15.6. The van der Waals surface area contributed by atoms with Crippen molar-refractivity contribution >= 4 is 16.9 Å². The molecule has 122 valence electrons. The van der Waals surface area contributed by atoms with E-state index in [-0.39, 0.29) is 0 Å². The molecule has 2 aromatic carbocycles. The molecule has 0 N–H and O–H groups in total. The van der Waals surface area contributed by atoms with Crippen molar-refractivity contribution in [2.45, 2.75) is 13.8 Å². The monoisotopic (exact) mass is 324 g/mol. The van der Waals surface area contributed by atoms with Crippen LogP contribution in [0, 0.1) is 6.92 Å². The highest BCUT2D eigenvalue weighted by Gasteiger charge is 2.14. The van der Waals surface area contributed by atoms with Gasteiger partial charge in [0.2, 0.25) is 0 Å². The third kappa shape index (κ3) is 2.88. The van der Waals surface area contributed by atoms with Crippen LogP contribution in [0.25, 0.3) is 22.1 Å². The number of carbonyl (C=O) groups is 1. The summed E-state index contributed by atoms with van der Waals surface area (Å²) in [6.45, 7) is 3.21. The van der Waals surface area contributed by atoms with Crippen molar-refractivity contribution in [3.05, 3.63) is 58.4 Å². The molecular weight excluding hydrogens is 308 g/mol. The van der Waals surface area contributed by atoms with Gasteiger partial charge in [-0.05, 0) is 42.3 Å². The van der Waals surface area contributed by atoms with Crippen LogP contribution in [0.1, 0.15) is 12.5 Å². The van der Waals surface area contributed by atoms with E-state index in [2.05, 4.69) is 0 Å². The van der Waals surface area contributed by atoms with Gasteiger partial charge in [-0.3, -0.25) is 4.79 Å². The molecule has 3 aromatic rings. The standard InChI is InChI=1S/C19H16O5/c1-11-16-9-8-15(22-3)10-17(16)24-19(21)18(11)13-4-6-14(7-5-13)23-12(2)20/h4-10H,1-3H3. The number of benzene rings is 2. The maximum atomic E-state index is 12.4. The highest BCUT2D eigenvalue weighted by atomic mass is 16.5. The Morgan fingerprint density at radius 1 is 1.04 bits per heavy atom. The van der Waals surface area contributed by atoms with E-state index in [0.29, 0.717) is 28.2 Å². The number of ether oxygens (including phenoxy) is 2. The Hall–Kier alpha value is -3.08. The van der Waals surface area contributed by atoms with Crippen LogP contribution >= 0.6 is 0 Å². The Bertz CT molecular complexity index is 967. The Morgan fingerprint density at radius 2 is 1.71 bits per heavy atom. The van der Waals surface area contributed by atoms with Gasteiger partial charge in [-0.1, -0.05) is 12.1 Å². The van der Waals surface area contributed by atoms with E-state index >= 15 is 0 Å². The van der Waals surface area contributed by atoms with Gasteiger partial charge in [0.1, 0.15) is 17.1 Å². The van der Waals surface area contributed by atoms with Gasteiger partial charge >= 0.3 is 11.6 Å². The highest BCUT2D eigenvalue weighted by molar-refractivity contribution is 5.87. The second kappa shape index (κ2) is 6.20. The van der Waals surface area contributed by atoms with Crippen LogP contribution in [0.15, 0.2) is 51.7 Å². The van der Waals surface area contributed by atoms with Crippen molar-refractivity contribution in [1.82, 2.24) is 0 Å². The molecule has 0 saturated heterocycles. The quantitative estimate of drug-likeness (QED) is 0.417. The second-order valence-electron chi connectivity index (χ2n) is 5.37. The van der Waals surface area contributed by atoms with Gasteiger partial charge in [0.25, 0.3) is 0 Å². The third-order valence-corrected chi connectivity index (χ3v) is 3.78. The molecule has 5 heteroatoms. The molecule has 0 aliphatic rings. The average molecular weight is 324 g/mol. The van der Waals surface area contributed by atoms with Crippen LogP contribution in [0.4, 0.5) is 0 Å². The molecule has 0 saturated carbocycles. The van der Waals surface area contributed by atoms with Crippen LogP contribution in [0.5, 0.6) is 11.5 Å². The van der Waals surface area contributed by atoms with Gasteiger partial charge in [0, 0.05) is 18.4 Å². The van der Waals surface area contributed by atoms with Gasteiger partial charge < -0.3 is 13.9 Å². The van der Waals surface area contributed by atoms with Gasteiger partial charge in [0.15, 0.2) is 0 Å². The third-order valence-electron chi connectivity index (χ3n) is 3.78. The van der Waals surface area contributed by atoms with Gasteiger partial charge in [-0.25, -0.2) is 4.79 Å². The lowest BCUT2D eigenvalue weighted by Gasteiger charge is -2.09. The SMILES string of the molecule is COc1ccc2c(C)c(-c3ccc(OC(C)=O)cc3)c(=O)oc2c1. The minimum atomic E-state index is -0.423. The number of fused-ring (bicyclic) bond motifs is 1. The van der Waals surface area contributed by atoms with E-state index in [1.54, 1.807) is 37.4 Å². The lowest BCUT2D eigenvalue weighted by molar-refractivity contribution is -0.131. The van der Waals surface area contributed by atoms with E-state index < -0.39 is 11.6 Å². The topological polar surface area (TPSA) is 65.7 Å². The van der Waals surface area contributed by atoms with E-state index in [0.717, 1.165) is 10.9 Å². The maximum Gasteiger partial charge on any atom is 0.344 e. The largest absolute Gasteiger partial charge is 0.497 e. The van der Waals surface area contributed by atoms with Crippen molar-refractivity contribution in [3.63, 3.8) is 0 Å². The Balaban J connectivity index is 2.12. The molecule has 0 aliphatic carbocycles. The summed E-state index contributed by atoms with van der Waals surface area (Å²) in [5, 5.41) is 0.842. The summed E-state index contributed by atoms with van der Waals surface area (Å²) in [4.78, 5) is 23.4. The van der Waals surface area contributed by atoms with Crippen molar-refractivity contribution < 1.29 is 18.7 Å². The average Bonchev–Trinajstić information content (AvgIpc) is 2.55. The summed E-state index contributed by atoms with van der Waals surface area (Å²) >= 11 is 0. The molecule has 0 atom stereocenters. The summed E-state index contributed by atoms with van der Waals surface area (Å²) in [6.07, 6.45) is 0. The Kier molecular flexibility index (Phi) is 4.08. The lowest BCUT2D eigenvalue weighted by Crippen LogP contribution is -2.06. The molecule has 3 rings (SSSR count). The van der Waals surface area contributed by atoms with E-state index in [9.17, 15) is 9.59 Å². The van der Waals surface area contributed by atoms with Gasteiger partial charge in [-0.2, -0.15) is 0 Å². The molecule has 1 heterocycles. The predicted molar refractivity (Wildman–Crippen MR) is 90.5 cm³/mol. The van der Waals surface area contributed by atoms with Gasteiger partial charge in [0.05, 0.1) is 12.7 Å². The number of rotatable bonds is 3. The summed E-state index contributed by atoms with van der Waals surface area (Å²) in [5.41, 5.74) is 2.08. The molecule has 0 unspecified atom stereocenters. The first-order valence-corrected chi connectivity index (χ1v) is 7.40. The molecule has 0 bridgehead atoms. The first-order chi connectivity index (χ1) is 11.5. The number of methoxy groups -OCH3 is 1. The zero-order valence-corrected chi connectivity index (χ0v) is 13.6. The fourth-order valence-electron chi connectivity index (χ4n) is 2.65. The molecular formula is C19H16O5. The summed E-state index contributed by atoms with van der Waals surface area (Å²) in [7, 11) is 1.56. The van der Waals surface area contributed by atoms with Crippen LogP contribution in [0.3, 0.4) is 0 Å². The summed E-state index contributed by atoms with van der Waals surface area (Å²) in [5.74, 6) is 0.667. The van der Waals surface area contributed by atoms with Crippen molar-refractivity contribution in [2.24, 2.45) is 0 Å². The number of aryl methyl sites for hydroxylation is 1. The number of carbonyl (C=O) groups excluding carboxylic acids is 1. The molecule has 1 aromatic heterocycles. The van der Waals surface area contributed by atoms with E-state index in [4.69, 9.17) is 13.9 Å². The molecule has 0 amide bonds. The molecule has 24 heavy (non-hydrogen) atoms. The fourth-order valence-corrected chi connectivity index (χ4v) is 2.65. The smallest absolute Gasteiger partial charge is 0.344 e. The molecule has 5 nitrogen and oxygen atoms in total. The highest BCUT2D eigenvalue weighted by Crippen LogP contribution is 2.29. The minimum absolute atomic E-state index is 0.391. The predicted octanol–water partition coefficient (Wildman–Crippen LogP) is 3.70. The van der Waals surface area contributed by atoms with Gasteiger partial charge in [-0.15, -0.1) is 0 Å². The number of esters is 1. The maximum absolute atomic E-state index is 12.4. The Labute approximate surface area is 138 Å². The molecule has 0 radical (unpaired) electrons. The molecule has 0 aliphatic heterocycles. The molecule has 0 spiro atoms. The zero-order valence-electron chi connectivity index (χ0n) is 13.6. The first kappa shape index (κ1) is 15.8. The lowest BCUT2D eigenvalue weighted by atomic mass is 9.99. The summed E-state index contributed by atoms with van der Waals surface area (Å²) in [6, 6.07) is 12.1. The number of hydrogen-bond donors (Lipinski definition) is 0. The number of hydrogen-bond acceptors (Lipinski definition) is 5. The minimum Gasteiger partial charge on any atom is -0.497 e. The van der Waals surface area contributed by atoms with Crippen LogP contribution in [-0.4, -0.2) is 13.1 Å². The normalized spacial score (nSPS) is 10.6. The van der Waals surface area contributed by atoms with E-state index in [1.165, 1.54) is 6.92 Å².